The second-order valence-corrected chi connectivity index (χ2v) is 8.33. The van der Waals surface area contributed by atoms with Gasteiger partial charge in [0.05, 0.1) is 12.8 Å². The molecule has 0 saturated carbocycles. The van der Waals surface area contributed by atoms with Gasteiger partial charge in [-0.2, -0.15) is 0 Å². The minimum Gasteiger partial charge on any atom is -0.453 e. The molecule has 3 rings (SSSR count). The smallest absolute Gasteiger partial charge is 0.409 e. The second-order valence-electron chi connectivity index (χ2n) is 7.21. The SMILES string of the molecule is CCCN(CC1CCN(C(=O)OC)CC1)C1CCc2nc(N)sc2C1. The van der Waals surface area contributed by atoms with E-state index in [9.17, 15) is 4.79 Å². The minimum absolute atomic E-state index is 0.188. The van der Waals surface area contributed by atoms with Gasteiger partial charge in [-0.3, -0.25) is 4.90 Å². The van der Waals surface area contributed by atoms with E-state index in [4.69, 9.17) is 10.5 Å². The summed E-state index contributed by atoms with van der Waals surface area (Å²) in [7, 11) is 1.46. The molecule has 1 aromatic rings. The summed E-state index contributed by atoms with van der Waals surface area (Å²) in [6.07, 6.45) is 6.44. The van der Waals surface area contributed by atoms with E-state index in [1.165, 1.54) is 30.5 Å². The number of piperidine rings is 1. The van der Waals surface area contributed by atoms with Crippen LogP contribution in [0.5, 0.6) is 0 Å². The molecule has 25 heavy (non-hydrogen) atoms. The first-order valence-corrected chi connectivity index (χ1v) is 10.2. The van der Waals surface area contributed by atoms with Crippen molar-refractivity contribution < 1.29 is 9.53 Å². The van der Waals surface area contributed by atoms with Crippen molar-refractivity contribution in [2.45, 2.75) is 51.5 Å². The summed E-state index contributed by atoms with van der Waals surface area (Å²) >= 11 is 1.66. The van der Waals surface area contributed by atoms with E-state index in [1.54, 1.807) is 11.3 Å². The summed E-state index contributed by atoms with van der Waals surface area (Å²) in [6, 6.07) is 0.603. The largest absolute Gasteiger partial charge is 0.453 e. The highest BCUT2D eigenvalue weighted by atomic mass is 32.1. The number of nitrogens with two attached hydrogens (primary N) is 1. The van der Waals surface area contributed by atoms with Gasteiger partial charge in [0.1, 0.15) is 0 Å². The number of carbonyl (C=O) groups is 1. The lowest BCUT2D eigenvalue weighted by molar-refractivity contribution is 0.0884. The molecule has 0 spiro atoms. The number of amides is 1. The number of aromatic nitrogens is 1. The Morgan fingerprint density at radius 3 is 2.84 bits per heavy atom. The summed E-state index contributed by atoms with van der Waals surface area (Å²) in [6.45, 7) is 6.17. The molecular formula is C18H30N4O2S. The lowest BCUT2D eigenvalue weighted by atomic mass is 9.92. The molecule has 1 amide bonds. The first-order valence-electron chi connectivity index (χ1n) is 9.41. The number of thiazole rings is 1. The van der Waals surface area contributed by atoms with Crippen LogP contribution in [0.15, 0.2) is 0 Å². The lowest BCUT2D eigenvalue weighted by Crippen LogP contribution is -2.45. The molecule has 6 nitrogen and oxygen atoms in total. The molecule has 2 N–H and O–H groups in total. The number of aryl methyl sites for hydroxylation is 1. The third kappa shape index (κ3) is 4.44. The molecule has 1 aromatic heterocycles. The molecule has 1 atom stereocenters. The number of rotatable bonds is 5. The van der Waals surface area contributed by atoms with Crippen LogP contribution in [0.4, 0.5) is 9.93 Å². The van der Waals surface area contributed by atoms with Crippen LogP contribution in [0, 0.1) is 5.92 Å². The monoisotopic (exact) mass is 366 g/mol. The summed E-state index contributed by atoms with van der Waals surface area (Å²) in [4.78, 5) is 22.0. The first-order chi connectivity index (χ1) is 12.1. The molecule has 2 aliphatic rings. The fourth-order valence-electron chi connectivity index (χ4n) is 4.16. The molecule has 1 saturated heterocycles. The quantitative estimate of drug-likeness (QED) is 0.867. The summed E-state index contributed by atoms with van der Waals surface area (Å²) in [5.74, 6) is 0.667. The van der Waals surface area contributed by atoms with Crippen molar-refractivity contribution in [1.29, 1.82) is 0 Å². The van der Waals surface area contributed by atoms with Crippen LogP contribution in [0.2, 0.25) is 0 Å². The van der Waals surface area contributed by atoms with Gasteiger partial charge in [-0.15, -0.1) is 11.3 Å². The van der Waals surface area contributed by atoms with Crippen LogP contribution >= 0.6 is 11.3 Å². The molecule has 7 heteroatoms. The van der Waals surface area contributed by atoms with Gasteiger partial charge < -0.3 is 15.4 Å². The van der Waals surface area contributed by atoms with Gasteiger partial charge in [0.15, 0.2) is 5.13 Å². The highest BCUT2D eigenvalue weighted by Crippen LogP contribution is 2.31. The summed E-state index contributed by atoms with van der Waals surface area (Å²) in [5.41, 5.74) is 7.11. The molecular weight excluding hydrogens is 336 g/mol. The van der Waals surface area contributed by atoms with Gasteiger partial charge >= 0.3 is 6.09 Å². The fraction of sp³-hybridized carbons (Fsp3) is 0.778. The average Bonchev–Trinajstić information content (AvgIpc) is 3.00. The van der Waals surface area contributed by atoms with Crippen molar-refractivity contribution in [2.24, 2.45) is 5.92 Å². The van der Waals surface area contributed by atoms with Crippen LogP contribution in [-0.2, 0) is 17.6 Å². The van der Waals surface area contributed by atoms with Crippen LogP contribution < -0.4 is 5.73 Å². The Bertz CT molecular complexity index is 584. The van der Waals surface area contributed by atoms with Crippen molar-refractivity contribution in [3.63, 3.8) is 0 Å². The highest BCUT2D eigenvalue weighted by Gasteiger charge is 2.30. The van der Waals surface area contributed by atoms with Crippen molar-refractivity contribution in [2.75, 3.05) is 39.0 Å². The van der Waals surface area contributed by atoms with E-state index in [2.05, 4.69) is 16.8 Å². The Hall–Kier alpha value is -1.34. The molecule has 1 fully saturated rings. The Morgan fingerprint density at radius 2 is 2.16 bits per heavy atom. The van der Waals surface area contributed by atoms with E-state index >= 15 is 0 Å². The number of nitrogen functional groups attached to an aromatic ring is 1. The molecule has 0 bridgehead atoms. The van der Waals surface area contributed by atoms with Crippen molar-refractivity contribution in [3.8, 4) is 0 Å². The maximum atomic E-state index is 11.6. The summed E-state index contributed by atoms with van der Waals surface area (Å²) in [5, 5.41) is 0.711. The molecule has 0 aromatic carbocycles. The number of methoxy groups -OCH3 is 1. The topological polar surface area (TPSA) is 71.7 Å². The first kappa shape index (κ1) is 18.5. The molecule has 0 radical (unpaired) electrons. The zero-order chi connectivity index (χ0) is 17.8. The van der Waals surface area contributed by atoms with Gasteiger partial charge in [0, 0.05) is 30.6 Å². The third-order valence-electron chi connectivity index (χ3n) is 5.50. The zero-order valence-electron chi connectivity index (χ0n) is 15.4. The number of ether oxygens (including phenoxy) is 1. The molecule has 1 unspecified atom stereocenters. The predicted octanol–water partition coefficient (Wildman–Crippen LogP) is 2.77. The van der Waals surface area contributed by atoms with Crippen molar-refractivity contribution in [3.05, 3.63) is 10.6 Å². The number of carbonyl (C=O) groups excluding carboxylic acids is 1. The molecule has 1 aliphatic carbocycles. The van der Waals surface area contributed by atoms with Gasteiger partial charge in [-0.1, -0.05) is 6.92 Å². The number of nitrogens with zero attached hydrogens (tertiary/aromatic N) is 3. The highest BCUT2D eigenvalue weighted by molar-refractivity contribution is 7.15. The minimum atomic E-state index is -0.188. The van der Waals surface area contributed by atoms with Crippen LogP contribution in [0.1, 0.15) is 43.2 Å². The average molecular weight is 367 g/mol. The van der Waals surface area contributed by atoms with E-state index < -0.39 is 0 Å². The van der Waals surface area contributed by atoms with Crippen molar-refractivity contribution in [1.82, 2.24) is 14.8 Å². The van der Waals surface area contributed by atoms with Crippen LogP contribution in [0.25, 0.3) is 0 Å². The second kappa shape index (κ2) is 8.36. The predicted molar refractivity (Wildman–Crippen MR) is 101 cm³/mol. The number of anilines is 1. The van der Waals surface area contributed by atoms with Crippen LogP contribution in [-0.4, -0.2) is 60.2 Å². The van der Waals surface area contributed by atoms with Gasteiger partial charge in [0.25, 0.3) is 0 Å². The fourth-order valence-corrected chi connectivity index (χ4v) is 5.11. The number of hydrogen-bond acceptors (Lipinski definition) is 6. The lowest BCUT2D eigenvalue weighted by Gasteiger charge is -2.38. The Morgan fingerprint density at radius 1 is 1.40 bits per heavy atom. The number of fused-ring (bicyclic) bond motifs is 1. The maximum absolute atomic E-state index is 11.6. The van der Waals surface area contributed by atoms with Gasteiger partial charge in [-0.25, -0.2) is 9.78 Å². The van der Waals surface area contributed by atoms with E-state index in [0.717, 1.165) is 51.9 Å². The van der Waals surface area contributed by atoms with E-state index in [-0.39, 0.29) is 6.09 Å². The zero-order valence-corrected chi connectivity index (χ0v) is 16.2. The van der Waals surface area contributed by atoms with Gasteiger partial charge in [0.2, 0.25) is 0 Å². The number of likely N-dealkylation sites (tertiary alicyclic amines) is 1. The normalized spacial score (nSPS) is 21.4. The van der Waals surface area contributed by atoms with Gasteiger partial charge in [-0.05, 0) is 51.0 Å². The molecule has 2 heterocycles. The Balaban J connectivity index is 1.56. The standard InChI is InChI=1S/C18H30N4O2S/c1-3-8-22(12-13-6-9-21(10-7-13)18(23)24-2)14-4-5-15-16(11-14)25-17(19)20-15/h13-14H,3-12H2,1-2H3,(H2,19,20). The molecule has 140 valence electrons. The third-order valence-corrected chi connectivity index (χ3v) is 6.45. The Labute approximate surface area is 154 Å². The Kier molecular flexibility index (Phi) is 6.17. The van der Waals surface area contributed by atoms with Crippen molar-refractivity contribution >= 4 is 22.6 Å². The summed E-state index contributed by atoms with van der Waals surface area (Å²) < 4.78 is 4.84. The van der Waals surface area contributed by atoms with E-state index in [1.807, 2.05) is 4.90 Å². The maximum Gasteiger partial charge on any atom is 0.409 e. The van der Waals surface area contributed by atoms with E-state index in [0.29, 0.717) is 17.1 Å². The van der Waals surface area contributed by atoms with Crippen LogP contribution in [0.3, 0.4) is 0 Å². The molecule has 1 aliphatic heterocycles. The number of hydrogen-bond donors (Lipinski definition) is 1.